The SMILES string of the molecule is CN(C)CCOc1nc(-c2ccc3c(c2)CCC3=NO)c(-c2ccncc2)[nH]1. The van der Waals surface area contributed by atoms with Gasteiger partial charge in [0.15, 0.2) is 0 Å². The Bertz CT molecular complexity index is 995. The zero-order valence-electron chi connectivity index (χ0n) is 16.0. The summed E-state index contributed by atoms with van der Waals surface area (Å²) in [5, 5.41) is 12.6. The van der Waals surface area contributed by atoms with Crippen molar-refractivity contribution in [1.29, 1.82) is 0 Å². The number of ether oxygens (including phenoxy) is 1. The van der Waals surface area contributed by atoms with Gasteiger partial charge in [0.05, 0.1) is 11.4 Å². The lowest BCUT2D eigenvalue weighted by molar-refractivity contribution is 0.247. The Morgan fingerprint density at radius 2 is 1.96 bits per heavy atom. The topological polar surface area (TPSA) is 86.6 Å². The van der Waals surface area contributed by atoms with E-state index in [0.717, 1.165) is 53.2 Å². The number of fused-ring (bicyclic) bond motifs is 1. The number of H-pyrrole nitrogens is 1. The van der Waals surface area contributed by atoms with Crippen molar-refractivity contribution in [2.24, 2.45) is 5.16 Å². The molecule has 0 bridgehead atoms. The van der Waals surface area contributed by atoms with Crippen LogP contribution < -0.4 is 4.74 Å². The summed E-state index contributed by atoms with van der Waals surface area (Å²) in [6, 6.07) is 10.5. The molecule has 2 aromatic heterocycles. The molecule has 7 nitrogen and oxygen atoms in total. The van der Waals surface area contributed by atoms with Gasteiger partial charge < -0.3 is 19.8 Å². The van der Waals surface area contributed by atoms with E-state index in [0.29, 0.717) is 12.6 Å². The van der Waals surface area contributed by atoms with E-state index in [1.54, 1.807) is 12.4 Å². The molecule has 0 unspecified atom stereocenters. The number of benzene rings is 1. The van der Waals surface area contributed by atoms with Gasteiger partial charge in [-0.25, -0.2) is 0 Å². The molecule has 7 heteroatoms. The second-order valence-corrected chi connectivity index (χ2v) is 7.07. The minimum atomic E-state index is 0.502. The van der Waals surface area contributed by atoms with Gasteiger partial charge >= 0.3 is 0 Å². The van der Waals surface area contributed by atoms with Crippen molar-refractivity contribution < 1.29 is 9.94 Å². The fraction of sp³-hybridized carbons (Fsp3) is 0.286. The maximum Gasteiger partial charge on any atom is 0.294 e. The normalized spacial score (nSPS) is 14.6. The minimum Gasteiger partial charge on any atom is -0.463 e. The summed E-state index contributed by atoms with van der Waals surface area (Å²) >= 11 is 0. The Hall–Kier alpha value is -3.19. The van der Waals surface area contributed by atoms with Crippen LogP contribution in [0.1, 0.15) is 17.5 Å². The van der Waals surface area contributed by atoms with E-state index >= 15 is 0 Å². The number of hydrogen-bond donors (Lipinski definition) is 2. The van der Waals surface area contributed by atoms with Crippen LogP contribution in [0.25, 0.3) is 22.5 Å². The van der Waals surface area contributed by atoms with Gasteiger partial charge in [0.2, 0.25) is 0 Å². The molecule has 0 amide bonds. The van der Waals surface area contributed by atoms with Crippen molar-refractivity contribution in [2.45, 2.75) is 12.8 Å². The molecule has 144 valence electrons. The second-order valence-electron chi connectivity index (χ2n) is 7.07. The zero-order chi connectivity index (χ0) is 19.5. The largest absolute Gasteiger partial charge is 0.463 e. The monoisotopic (exact) mass is 377 g/mol. The number of aromatic nitrogens is 3. The van der Waals surface area contributed by atoms with Gasteiger partial charge in [-0.15, -0.1) is 0 Å². The quantitative estimate of drug-likeness (QED) is 0.509. The van der Waals surface area contributed by atoms with Gasteiger partial charge in [-0.05, 0) is 50.7 Å². The van der Waals surface area contributed by atoms with Crippen LogP contribution >= 0.6 is 0 Å². The molecule has 0 saturated heterocycles. The number of imidazole rings is 1. The lowest BCUT2D eigenvalue weighted by Gasteiger charge is -2.08. The van der Waals surface area contributed by atoms with Crippen LogP contribution in [-0.2, 0) is 6.42 Å². The molecule has 0 atom stereocenters. The Kier molecular flexibility index (Phi) is 5.08. The number of rotatable bonds is 6. The lowest BCUT2D eigenvalue weighted by atomic mass is 10.0. The van der Waals surface area contributed by atoms with Crippen LogP contribution in [0, 0.1) is 0 Å². The molecule has 1 aromatic carbocycles. The highest BCUT2D eigenvalue weighted by atomic mass is 16.5. The summed E-state index contributed by atoms with van der Waals surface area (Å²) in [4.78, 5) is 14.2. The van der Waals surface area contributed by atoms with E-state index < -0.39 is 0 Å². The second kappa shape index (κ2) is 7.82. The van der Waals surface area contributed by atoms with Crippen LogP contribution in [0.15, 0.2) is 47.9 Å². The van der Waals surface area contributed by atoms with E-state index in [1.807, 2.05) is 38.4 Å². The van der Waals surface area contributed by atoms with Crippen LogP contribution in [-0.4, -0.2) is 58.0 Å². The number of aryl methyl sites for hydroxylation is 1. The molecule has 0 spiro atoms. The lowest BCUT2D eigenvalue weighted by Crippen LogP contribution is -2.19. The first-order valence-electron chi connectivity index (χ1n) is 9.28. The average molecular weight is 377 g/mol. The fourth-order valence-electron chi connectivity index (χ4n) is 3.40. The third kappa shape index (κ3) is 3.61. The fourth-order valence-corrected chi connectivity index (χ4v) is 3.40. The predicted octanol–water partition coefficient (Wildman–Crippen LogP) is 3.20. The van der Waals surface area contributed by atoms with Crippen LogP contribution in [0.4, 0.5) is 0 Å². The maximum atomic E-state index is 9.16. The number of nitrogens with zero attached hydrogens (tertiary/aromatic N) is 4. The Morgan fingerprint density at radius 1 is 1.14 bits per heavy atom. The van der Waals surface area contributed by atoms with Crippen molar-refractivity contribution in [2.75, 3.05) is 27.2 Å². The highest BCUT2D eigenvalue weighted by molar-refractivity contribution is 6.04. The van der Waals surface area contributed by atoms with Crippen molar-refractivity contribution in [3.05, 3.63) is 53.9 Å². The van der Waals surface area contributed by atoms with E-state index in [2.05, 4.69) is 26.1 Å². The number of oxime groups is 1. The van der Waals surface area contributed by atoms with Crippen molar-refractivity contribution in [1.82, 2.24) is 19.9 Å². The van der Waals surface area contributed by atoms with Gasteiger partial charge in [0.1, 0.15) is 12.3 Å². The van der Waals surface area contributed by atoms with Gasteiger partial charge in [0, 0.05) is 35.6 Å². The van der Waals surface area contributed by atoms with Crippen molar-refractivity contribution >= 4 is 5.71 Å². The first-order valence-corrected chi connectivity index (χ1v) is 9.28. The van der Waals surface area contributed by atoms with Crippen LogP contribution in [0.3, 0.4) is 0 Å². The average Bonchev–Trinajstić information content (AvgIpc) is 3.32. The Balaban J connectivity index is 1.72. The summed E-state index contributed by atoms with van der Waals surface area (Å²) in [6.45, 7) is 1.36. The number of nitrogens with one attached hydrogen (secondary N) is 1. The highest BCUT2D eigenvalue weighted by Gasteiger charge is 2.21. The maximum absolute atomic E-state index is 9.16. The first kappa shape index (κ1) is 18.2. The molecule has 28 heavy (non-hydrogen) atoms. The van der Waals surface area contributed by atoms with Crippen molar-refractivity contribution in [3.63, 3.8) is 0 Å². The van der Waals surface area contributed by atoms with Crippen LogP contribution in [0.5, 0.6) is 6.01 Å². The molecule has 0 saturated carbocycles. The minimum absolute atomic E-state index is 0.502. The van der Waals surface area contributed by atoms with Gasteiger partial charge in [0.25, 0.3) is 6.01 Å². The summed E-state index contributed by atoms with van der Waals surface area (Å²) in [5.41, 5.74) is 6.66. The molecule has 2 heterocycles. The molecule has 0 aliphatic heterocycles. The predicted molar refractivity (Wildman–Crippen MR) is 108 cm³/mol. The van der Waals surface area contributed by atoms with Gasteiger partial charge in [-0.3, -0.25) is 4.98 Å². The Morgan fingerprint density at radius 3 is 2.71 bits per heavy atom. The van der Waals surface area contributed by atoms with E-state index in [1.165, 1.54) is 5.56 Å². The first-order chi connectivity index (χ1) is 13.7. The van der Waals surface area contributed by atoms with Gasteiger partial charge in [-0.1, -0.05) is 17.3 Å². The smallest absolute Gasteiger partial charge is 0.294 e. The summed E-state index contributed by atoms with van der Waals surface area (Å²) in [6.07, 6.45) is 5.15. The number of pyridine rings is 1. The zero-order valence-corrected chi connectivity index (χ0v) is 16.0. The third-order valence-electron chi connectivity index (χ3n) is 4.87. The van der Waals surface area contributed by atoms with Gasteiger partial charge in [-0.2, -0.15) is 4.98 Å². The molecular weight excluding hydrogens is 354 g/mol. The van der Waals surface area contributed by atoms with E-state index in [-0.39, 0.29) is 0 Å². The summed E-state index contributed by atoms with van der Waals surface area (Å²) in [5.74, 6) is 0. The molecule has 4 rings (SSSR count). The highest BCUT2D eigenvalue weighted by Crippen LogP contribution is 2.34. The molecule has 1 aliphatic carbocycles. The number of likely N-dealkylation sites (N-methyl/N-ethyl adjacent to an activating group) is 1. The Labute approximate surface area is 163 Å². The third-order valence-corrected chi connectivity index (χ3v) is 4.87. The van der Waals surface area contributed by atoms with E-state index in [4.69, 9.17) is 14.9 Å². The van der Waals surface area contributed by atoms with Crippen LogP contribution in [0.2, 0.25) is 0 Å². The molecule has 3 aromatic rings. The standard InChI is InChI=1S/C21H23N5O2/c1-26(2)11-12-28-21-23-19(14-7-9-22-10-8-14)20(24-21)16-3-5-17-15(13-16)4-6-18(17)25-27/h3,5,7-10,13,27H,4,6,11-12H2,1-2H3,(H,23,24). The summed E-state index contributed by atoms with van der Waals surface area (Å²) < 4.78 is 5.83. The molecular formula is C21H23N5O2. The number of hydrogen-bond acceptors (Lipinski definition) is 6. The molecule has 0 radical (unpaired) electrons. The number of aromatic amines is 1. The molecule has 0 fully saturated rings. The molecule has 1 aliphatic rings. The van der Waals surface area contributed by atoms with Crippen molar-refractivity contribution in [3.8, 4) is 28.5 Å². The summed E-state index contributed by atoms with van der Waals surface area (Å²) in [7, 11) is 4.02. The molecule has 2 N–H and O–H groups in total. The van der Waals surface area contributed by atoms with E-state index in [9.17, 15) is 0 Å².